The minimum absolute atomic E-state index is 0.0125. The Morgan fingerprint density at radius 2 is 1.50 bits per heavy atom. The summed E-state index contributed by atoms with van der Waals surface area (Å²) in [5, 5.41) is 6.05. The Morgan fingerprint density at radius 1 is 0.929 bits per heavy atom. The van der Waals surface area contributed by atoms with Crippen molar-refractivity contribution < 1.29 is 9.59 Å². The van der Waals surface area contributed by atoms with Crippen molar-refractivity contribution in [1.29, 1.82) is 0 Å². The van der Waals surface area contributed by atoms with Crippen molar-refractivity contribution in [2.24, 2.45) is 17.8 Å². The van der Waals surface area contributed by atoms with E-state index >= 15 is 0 Å². The van der Waals surface area contributed by atoms with Crippen LogP contribution in [0.3, 0.4) is 0 Å². The minimum Gasteiger partial charge on any atom is -0.372 e. The van der Waals surface area contributed by atoms with Crippen molar-refractivity contribution in [3.63, 3.8) is 0 Å². The number of amides is 2. The first-order valence-electron chi connectivity index (χ1n) is 11.0. The Bertz CT molecular complexity index is 642. The molecule has 0 bridgehead atoms. The molecule has 2 fully saturated rings. The summed E-state index contributed by atoms with van der Waals surface area (Å²) in [6.07, 6.45) is 6.65. The Hall–Kier alpha value is -2.04. The van der Waals surface area contributed by atoms with Gasteiger partial charge < -0.3 is 15.5 Å². The minimum atomic E-state index is 0.0125. The number of rotatable bonds is 6. The van der Waals surface area contributed by atoms with E-state index in [1.165, 1.54) is 18.5 Å². The number of benzene rings is 1. The molecular formula is C23H35N3O2. The van der Waals surface area contributed by atoms with Gasteiger partial charge in [-0.05, 0) is 75.1 Å². The molecule has 0 aromatic heterocycles. The number of hydrogen-bond acceptors (Lipinski definition) is 3. The third-order valence-electron chi connectivity index (χ3n) is 6.30. The molecule has 2 N–H and O–H groups in total. The molecule has 1 saturated carbocycles. The second-order valence-corrected chi connectivity index (χ2v) is 8.55. The molecule has 1 heterocycles. The highest BCUT2D eigenvalue weighted by Gasteiger charge is 2.29. The number of carbonyl (C=O) groups excluding carboxylic acids is 2. The van der Waals surface area contributed by atoms with Gasteiger partial charge in [0.2, 0.25) is 11.8 Å². The van der Waals surface area contributed by atoms with Gasteiger partial charge in [-0.1, -0.05) is 13.8 Å². The SMILES string of the molecule is CCCNC(=O)C1CCC(C(=O)Nc2ccc(N3CCC(C)CC3)cc2)CC1. The van der Waals surface area contributed by atoms with E-state index in [-0.39, 0.29) is 23.7 Å². The maximum Gasteiger partial charge on any atom is 0.227 e. The molecule has 2 amide bonds. The van der Waals surface area contributed by atoms with Crippen LogP contribution in [0.4, 0.5) is 11.4 Å². The molecule has 3 rings (SSSR count). The van der Waals surface area contributed by atoms with Gasteiger partial charge in [0, 0.05) is 42.8 Å². The molecule has 0 atom stereocenters. The van der Waals surface area contributed by atoms with Gasteiger partial charge in [0.1, 0.15) is 0 Å². The van der Waals surface area contributed by atoms with Crippen molar-refractivity contribution >= 4 is 23.2 Å². The molecule has 5 nitrogen and oxygen atoms in total. The lowest BCUT2D eigenvalue weighted by Crippen LogP contribution is -2.35. The van der Waals surface area contributed by atoms with Gasteiger partial charge >= 0.3 is 0 Å². The van der Waals surface area contributed by atoms with Gasteiger partial charge in [-0.3, -0.25) is 9.59 Å². The summed E-state index contributed by atoms with van der Waals surface area (Å²) in [6.45, 7) is 7.34. The van der Waals surface area contributed by atoms with E-state index in [0.29, 0.717) is 0 Å². The van der Waals surface area contributed by atoms with Gasteiger partial charge in [0.15, 0.2) is 0 Å². The Morgan fingerprint density at radius 3 is 2.07 bits per heavy atom. The highest BCUT2D eigenvalue weighted by atomic mass is 16.2. The van der Waals surface area contributed by atoms with Crippen LogP contribution in [0.5, 0.6) is 0 Å². The topological polar surface area (TPSA) is 61.4 Å². The zero-order valence-electron chi connectivity index (χ0n) is 17.4. The van der Waals surface area contributed by atoms with Crippen LogP contribution in [-0.4, -0.2) is 31.4 Å². The summed E-state index contributed by atoms with van der Waals surface area (Å²) >= 11 is 0. The maximum absolute atomic E-state index is 12.6. The average molecular weight is 386 g/mol. The van der Waals surface area contributed by atoms with Crippen LogP contribution in [0.2, 0.25) is 0 Å². The van der Waals surface area contributed by atoms with E-state index in [9.17, 15) is 9.59 Å². The van der Waals surface area contributed by atoms with Crippen LogP contribution in [0, 0.1) is 17.8 Å². The summed E-state index contributed by atoms with van der Waals surface area (Å²) < 4.78 is 0. The molecule has 1 aliphatic heterocycles. The number of hydrogen-bond donors (Lipinski definition) is 2. The molecule has 1 saturated heterocycles. The fourth-order valence-corrected chi connectivity index (χ4v) is 4.28. The van der Waals surface area contributed by atoms with Crippen LogP contribution < -0.4 is 15.5 Å². The Balaban J connectivity index is 1.45. The summed E-state index contributed by atoms with van der Waals surface area (Å²) in [5.41, 5.74) is 2.10. The first-order valence-corrected chi connectivity index (χ1v) is 11.0. The standard InChI is InChI=1S/C23H35N3O2/c1-3-14-24-22(27)18-4-6-19(7-5-18)23(28)25-20-8-10-21(11-9-20)26-15-12-17(2)13-16-26/h8-11,17-19H,3-7,12-16H2,1-2H3,(H,24,27)(H,25,28). The molecule has 0 radical (unpaired) electrons. The van der Waals surface area contributed by atoms with E-state index in [1.54, 1.807) is 0 Å². The van der Waals surface area contributed by atoms with Crippen molar-refractivity contribution in [3.05, 3.63) is 24.3 Å². The molecule has 154 valence electrons. The van der Waals surface area contributed by atoms with Gasteiger partial charge in [0.05, 0.1) is 0 Å². The van der Waals surface area contributed by atoms with Crippen LogP contribution in [0.1, 0.15) is 58.8 Å². The Kier molecular flexibility index (Phi) is 7.35. The highest BCUT2D eigenvalue weighted by Crippen LogP contribution is 2.30. The van der Waals surface area contributed by atoms with Crippen LogP contribution in [0.25, 0.3) is 0 Å². The number of carbonyl (C=O) groups is 2. The molecule has 5 heteroatoms. The van der Waals surface area contributed by atoms with Gasteiger partial charge in [-0.25, -0.2) is 0 Å². The third kappa shape index (κ3) is 5.49. The average Bonchev–Trinajstić information content (AvgIpc) is 2.73. The summed E-state index contributed by atoms with van der Waals surface area (Å²) in [5.74, 6) is 1.15. The van der Waals surface area contributed by atoms with Crippen molar-refractivity contribution in [3.8, 4) is 0 Å². The van der Waals surface area contributed by atoms with E-state index in [1.807, 2.05) is 12.1 Å². The smallest absolute Gasteiger partial charge is 0.227 e. The fraction of sp³-hybridized carbons (Fsp3) is 0.652. The molecule has 28 heavy (non-hydrogen) atoms. The molecule has 1 aromatic rings. The predicted octanol–water partition coefficient (Wildman–Crippen LogP) is 4.19. The largest absolute Gasteiger partial charge is 0.372 e. The van der Waals surface area contributed by atoms with Crippen molar-refractivity contribution in [2.75, 3.05) is 29.9 Å². The molecule has 2 aliphatic rings. The first-order chi connectivity index (χ1) is 13.6. The van der Waals surface area contributed by atoms with E-state index in [0.717, 1.165) is 63.3 Å². The highest BCUT2D eigenvalue weighted by molar-refractivity contribution is 5.93. The summed E-state index contributed by atoms with van der Waals surface area (Å²) in [4.78, 5) is 27.1. The third-order valence-corrected chi connectivity index (χ3v) is 6.30. The predicted molar refractivity (Wildman–Crippen MR) is 114 cm³/mol. The first kappa shape index (κ1) is 20.7. The quantitative estimate of drug-likeness (QED) is 0.772. The molecule has 1 aromatic carbocycles. The summed E-state index contributed by atoms with van der Waals surface area (Å²) in [6, 6.07) is 8.24. The summed E-state index contributed by atoms with van der Waals surface area (Å²) in [7, 11) is 0. The zero-order chi connectivity index (χ0) is 19.9. The van der Waals surface area contributed by atoms with E-state index < -0.39 is 0 Å². The normalized spacial score (nSPS) is 23.3. The number of piperidine rings is 1. The fourth-order valence-electron chi connectivity index (χ4n) is 4.28. The molecular weight excluding hydrogens is 350 g/mol. The number of anilines is 2. The maximum atomic E-state index is 12.6. The lowest BCUT2D eigenvalue weighted by Gasteiger charge is -2.32. The number of nitrogens with one attached hydrogen (secondary N) is 2. The lowest BCUT2D eigenvalue weighted by atomic mass is 9.81. The lowest BCUT2D eigenvalue weighted by molar-refractivity contribution is -0.128. The second kappa shape index (κ2) is 9.94. The molecule has 1 aliphatic carbocycles. The van der Waals surface area contributed by atoms with Crippen LogP contribution in [0.15, 0.2) is 24.3 Å². The van der Waals surface area contributed by atoms with Crippen molar-refractivity contribution in [2.45, 2.75) is 58.8 Å². The van der Waals surface area contributed by atoms with Gasteiger partial charge in [-0.15, -0.1) is 0 Å². The zero-order valence-corrected chi connectivity index (χ0v) is 17.4. The van der Waals surface area contributed by atoms with E-state index in [2.05, 4.69) is 41.5 Å². The van der Waals surface area contributed by atoms with Crippen LogP contribution >= 0.6 is 0 Å². The number of nitrogens with zero attached hydrogens (tertiary/aromatic N) is 1. The Labute approximate surface area is 169 Å². The van der Waals surface area contributed by atoms with Gasteiger partial charge in [-0.2, -0.15) is 0 Å². The van der Waals surface area contributed by atoms with Gasteiger partial charge in [0.25, 0.3) is 0 Å². The monoisotopic (exact) mass is 385 g/mol. The van der Waals surface area contributed by atoms with Crippen LogP contribution in [-0.2, 0) is 9.59 Å². The molecule has 0 spiro atoms. The van der Waals surface area contributed by atoms with E-state index in [4.69, 9.17) is 0 Å². The second-order valence-electron chi connectivity index (χ2n) is 8.55. The molecule has 0 unspecified atom stereocenters. The van der Waals surface area contributed by atoms with Crippen molar-refractivity contribution in [1.82, 2.24) is 5.32 Å².